The molecule has 9 heteroatoms. The van der Waals surface area contributed by atoms with Crippen molar-refractivity contribution in [1.29, 1.82) is 0 Å². The van der Waals surface area contributed by atoms with E-state index in [4.69, 9.17) is 11.6 Å². The largest absolute Gasteiger partial charge is 0.293 e. The lowest BCUT2D eigenvalue weighted by molar-refractivity contribution is -0.117. The monoisotopic (exact) mass is 340 g/mol. The van der Waals surface area contributed by atoms with Crippen LogP contribution in [0.4, 0.5) is 5.95 Å². The third-order valence-corrected chi connectivity index (χ3v) is 4.61. The minimum absolute atomic E-state index is 0.0350. The second kappa shape index (κ2) is 5.36. The molecule has 0 aliphatic heterocycles. The molecule has 0 bridgehead atoms. The Morgan fingerprint density at radius 3 is 2.64 bits per heavy atom. The highest BCUT2D eigenvalue weighted by Gasteiger charge is 2.44. The van der Waals surface area contributed by atoms with Gasteiger partial charge in [0.2, 0.25) is 26.8 Å². The van der Waals surface area contributed by atoms with Crippen molar-refractivity contribution >= 4 is 33.3 Å². The zero-order valence-corrected chi connectivity index (χ0v) is 13.1. The fourth-order valence-electron chi connectivity index (χ4n) is 2.23. The number of halogens is 1. The molecule has 1 aliphatic carbocycles. The van der Waals surface area contributed by atoms with Crippen LogP contribution in [0.1, 0.15) is 17.9 Å². The van der Waals surface area contributed by atoms with Crippen molar-refractivity contribution in [1.82, 2.24) is 15.2 Å². The Balaban J connectivity index is 1.64. The van der Waals surface area contributed by atoms with Gasteiger partial charge in [-0.25, -0.2) is 13.5 Å². The van der Waals surface area contributed by atoms with E-state index >= 15 is 0 Å². The van der Waals surface area contributed by atoms with E-state index in [-0.39, 0.29) is 28.8 Å². The highest BCUT2D eigenvalue weighted by molar-refractivity contribution is 7.90. The standard InChI is InChI=1S/C13H13ClN4O3S/c1-22(20,21)13-16-12(17-18-13)15-11(19)10-6-9(10)7-2-4-8(14)5-3-7/h2-5,9-10H,6H2,1H3,(H2,15,16,17,18,19). The van der Waals surface area contributed by atoms with Crippen molar-refractivity contribution < 1.29 is 13.2 Å². The number of nitrogens with one attached hydrogen (secondary N) is 2. The Morgan fingerprint density at radius 2 is 2.05 bits per heavy atom. The predicted octanol–water partition coefficient (Wildman–Crippen LogP) is 1.60. The molecule has 116 valence electrons. The molecule has 2 aromatic rings. The van der Waals surface area contributed by atoms with Crippen molar-refractivity contribution in [2.75, 3.05) is 11.6 Å². The first-order valence-corrected chi connectivity index (χ1v) is 8.80. The normalized spacial score (nSPS) is 20.6. The van der Waals surface area contributed by atoms with Crippen LogP contribution in [0.5, 0.6) is 0 Å². The van der Waals surface area contributed by atoms with Gasteiger partial charge in [-0.15, -0.1) is 5.10 Å². The first kappa shape index (κ1) is 15.0. The van der Waals surface area contributed by atoms with Crippen LogP contribution >= 0.6 is 11.6 Å². The SMILES string of the molecule is CS(=O)(=O)c1nc(NC(=O)C2CC2c2ccc(Cl)cc2)n[nH]1. The van der Waals surface area contributed by atoms with Crippen LogP contribution in [-0.4, -0.2) is 35.8 Å². The zero-order valence-electron chi connectivity index (χ0n) is 11.6. The second-order valence-electron chi connectivity index (χ2n) is 5.23. The molecule has 2 unspecified atom stereocenters. The molecule has 0 spiro atoms. The highest BCUT2D eigenvalue weighted by atomic mass is 35.5. The summed E-state index contributed by atoms with van der Waals surface area (Å²) in [5.41, 5.74) is 1.05. The molecule has 0 radical (unpaired) electrons. The number of carbonyl (C=O) groups excluding carboxylic acids is 1. The van der Waals surface area contributed by atoms with Gasteiger partial charge in [0.25, 0.3) is 0 Å². The van der Waals surface area contributed by atoms with E-state index in [1.807, 2.05) is 12.1 Å². The van der Waals surface area contributed by atoms with Crippen molar-refractivity contribution in [3.8, 4) is 0 Å². The maximum atomic E-state index is 12.1. The van der Waals surface area contributed by atoms with Crippen molar-refractivity contribution in [3.05, 3.63) is 34.9 Å². The Morgan fingerprint density at radius 1 is 1.36 bits per heavy atom. The van der Waals surface area contributed by atoms with Gasteiger partial charge in [-0.2, -0.15) is 4.98 Å². The van der Waals surface area contributed by atoms with Crippen LogP contribution < -0.4 is 5.32 Å². The Hall–Kier alpha value is -1.93. The number of H-pyrrole nitrogens is 1. The lowest BCUT2D eigenvalue weighted by Gasteiger charge is -2.01. The number of carbonyl (C=O) groups is 1. The number of aromatic nitrogens is 3. The molecule has 1 aromatic carbocycles. The molecule has 1 amide bonds. The van der Waals surface area contributed by atoms with E-state index < -0.39 is 9.84 Å². The lowest BCUT2D eigenvalue weighted by atomic mass is 10.1. The summed E-state index contributed by atoms with van der Waals surface area (Å²) in [6, 6.07) is 7.37. The van der Waals surface area contributed by atoms with Gasteiger partial charge in [0.1, 0.15) is 0 Å². The van der Waals surface area contributed by atoms with Gasteiger partial charge in [0, 0.05) is 17.2 Å². The molecule has 1 saturated carbocycles. The molecule has 7 nitrogen and oxygen atoms in total. The zero-order chi connectivity index (χ0) is 15.9. The Bertz CT molecular complexity index is 816. The lowest BCUT2D eigenvalue weighted by Crippen LogP contribution is -2.15. The predicted molar refractivity (Wildman–Crippen MR) is 80.4 cm³/mol. The van der Waals surface area contributed by atoms with Crippen LogP contribution in [0, 0.1) is 5.92 Å². The third-order valence-electron chi connectivity index (χ3n) is 3.48. The fraction of sp³-hybridized carbons (Fsp3) is 0.308. The van der Waals surface area contributed by atoms with Crippen molar-refractivity contribution in [2.45, 2.75) is 17.5 Å². The smallest absolute Gasteiger partial charge is 0.249 e. The first-order chi connectivity index (χ1) is 10.3. The average Bonchev–Trinajstić information content (AvgIpc) is 3.10. The number of nitrogens with zero attached hydrogens (tertiary/aromatic N) is 2. The van der Waals surface area contributed by atoms with E-state index in [0.717, 1.165) is 18.2 Å². The van der Waals surface area contributed by atoms with Crippen LogP contribution in [0.2, 0.25) is 5.02 Å². The van der Waals surface area contributed by atoms with Gasteiger partial charge >= 0.3 is 0 Å². The Kier molecular flexibility index (Phi) is 3.65. The maximum absolute atomic E-state index is 12.1. The number of hydrogen-bond donors (Lipinski definition) is 2. The summed E-state index contributed by atoms with van der Waals surface area (Å²) in [5.74, 6) is -0.280. The highest BCUT2D eigenvalue weighted by Crippen LogP contribution is 2.48. The molecule has 2 N–H and O–H groups in total. The molecule has 1 heterocycles. The van der Waals surface area contributed by atoms with E-state index in [0.29, 0.717) is 5.02 Å². The van der Waals surface area contributed by atoms with Gasteiger partial charge in [-0.05, 0) is 30.0 Å². The van der Waals surface area contributed by atoms with Crippen LogP contribution in [0.15, 0.2) is 29.4 Å². The number of rotatable bonds is 4. The van der Waals surface area contributed by atoms with Crippen molar-refractivity contribution in [3.63, 3.8) is 0 Å². The molecule has 2 atom stereocenters. The summed E-state index contributed by atoms with van der Waals surface area (Å²) in [4.78, 5) is 15.8. The molecule has 1 aliphatic rings. The molecular formula is C13H13ClN4O3S. The number of aromatic amines is 1. The average molecular weight is 341 g/mol. The second-order valence-corrected chi connectivity index (χ2v) is 7.59. The minimum Gasteiger partial charge on any atom is -0.293 e. The van der Waals surface area contributed by atoms with E-state index in [2.05, 4.69) is 20.5 Å². The Labute approximate surface area is 132 Å². The summed E-state index contributed by atoms with van der Waals surface area (Å²) < 4.78 is 22.6. The maximum Gasteiger partial charge on any atom is 0.249 e. The van der Waals surface area contributed by atoms with Gasteiger partial charge < -0.3 is 0 Å². The minimum atomic E-state index is -3.47. The number of anilines is 1. The first-order valence-electron chi connectivity index (χ1n) is 6.53. The van der Waals surface area contributed by atoms with Gasteiger partial charge in [0.05, 0.1) is 0 Å². The molecule has 1 aromatic heterocycles. The molecule has 3 rings (SSSR count). The van der Waals surface area contributed by atoms with Crippen LogP contribution in [0.25, 0.3) is 0 Å². The summed E-state index contributed by atoms with van der Waals surface area (Å²) in [7, 11) is -3.47. The molecule has 1 fully saturated rings. The van der Waals surface area contributed by atoms with E-state index in [1.165, 1.54) is 0 Å². The number of benzene rings is 1. The van der Waals surface area contributed by atoms with Crippen LogP contribution in [-0.2, 0) is 14.6 Å². The molecular weight excluding hydrogens is 328 g/mol. The van der Waals surface area contributed by atoms with Crippen LogP contribution in [0.3, 0.4) is 0 Å². The van der Waals surface area contributed by atoms with Gasteiger partial charge in [-0.3, -0.25) is 10.1 Å². The number of sulfone groups is 1. The summed E-state index contributed by atoms with van der Waals surface area (Å²) >= 11 is 5.83. The van der Waals surface area contributed by atoms with Gasteiger partial charge in [0.15, 0.2) is 0 Å². The summed E-state index contributed by atoms with van der Waals surface area (Å²) in [5, 5.41) is 8.86. The third kappa shape index (κ3) is 3.12. The van der Waals surface area contributed by atoms with E-state index in [1.54, 1.807) is 12.1 Å². The molecule has 0 saturated heterocycles. The quantitative estimate of drug-likeness (QED) is 0.879. The number of hydrogen-bond acceptors (Lipinski definition) is 5. The van der Waals surface area contributed by atoms with Gasteiger partial charge in [-0.1, -0.05) is 23.7 Å². The molecule has 22 heavy (non-hydrogen) atoms. The fourth-order valence-corrected chi connectivity index (χ4v) is 2.82. The topological polar surface area (TPSA) is 105 Å². The summed E-state index contributed by atoms with van der Waals surface area (Å²) in [6.07, 6.45) is 1.74. The summed E-state index contributed by atoms with van der Waals surface area (Å²) in [6.45, 7) is 0. The van der Waals surface area contributed by atoms with Crippen molar-refractivity contribution in [2.24, 2.45) is 5.92 Å². The number of amides is 1. The van der Waals surface area contributed by atoms with E-state index in [9.17, 15) is 13.2 Å².